The molecule has 3 aromatic heterocycles. The van der Waals surface area contributed by atoms with Crippen LogP contribution >= 0.6 is 11.6 Å². The van der Waals surface area contributed by atoms with Crippen molar-refractivity contribution in [2.75, 3.05) is 0 Å². The lowest BCUT2D eigenvalue weighted by Crippen LogP contribution is -2.10. The van der Waals surface area contributed by atoms with E-state index in [1.807, 2.05) is 0 Å². The van der Waals surface area contributed by atoms with E-state index < -0.39 is 16.8 Å². The Balaban J connectivity index is 1.39. The fourth-order valence-corrected chi connectivity index (χ4v) is 3.42. The average molecular weight is 446 g/mol. The maximum absolute atomic E-state index is 13.1. The van der Waals surface area contributed by atoms with Crippen LogP contribution in [0.15, 0.2) is 16.8 Å². The molecule has 3 aromatic rings. The van der Waals surface area contributed by atoms with Gasteiger partial charge in [-0.05, 0) is 12.8 Å². The van der Waals surface area contributed by atoms with Crippen LogP contribution in [-0.4, -0.2) is 34.7 Å². The van der Waals surface area contributed by atoms with E-state index in [1.54, 1.807) is 0 Å². The van der Waals surface area contributed by atoms with E-state index in [1.165, 1.54) is 15.6 Å². The molecule has 160 valence electrons. The summed E-state index contributed by atoms with van der Waals surface area (Å²) in [5, 5.41) is 25.6. The van der Waals surface area contributed by atoms with Crippen molar-refractivity contribution in [1.82, 2.24) is 29.8 Å². The number of aryl methyl sites for hydroxylation is 4. The third-order valence-corrected chi connectivity index (χ3v) is 4.97. The smallest absolute Gasteiger partial charge is 0.425 e. The van der Waals surface area contributed by atoms with E-state index >= 15 is 0 Å². The molecule has 30 heavy (non-hydrogen) atoms. The lowest BCUT2D eigenvalue weighted by molar-refractivity contribution is -0.385. The Hall–Kier alpha value is -2.96. The van der Waals surface area contributed by atoms with Gasteiger partial charge in [-0.3, -0.25) is 19.5 Å². The van der Waals surface area contributed by atoms with E-state index in [4.69, 9.17) is 16.0 Å². The predicted molar refractivity (Wildman–Crippen MR) is 94.8 cm³/mol. The summed E-state index contributed by atoms with van der Waals surface area (Å²) in [6, 6.07) is 0. The first-order chi connectivity index (χ1) is 14.2. The molecule has 1 aliphatic rings. The zero-order valence-corrected chi connectivity index (χ0v) is 16.1. The summed E-state index contributed by atoms with van der Waals surface area (Å²) in [7, 11) is 0. The van der Waals surface area contributed by atoms with Crippen LogP contribution in [-0.2, 0) is 32.1 Å². The number of hydrogen-bond acceptors (Lipinski definition) is 7. The number of nitrogens with zero attached hydrogens (tertiary/aromatic N) is 7. The van der Waals surface area contributed by atoms with Crippen LogP contribution in [0.3, 0.4) is 0 Å². The maximum atomic E-state index is 13.1. The fourth-order valence-electron chi connectivity index (χ4n) is 3.02. The second-order valence-corrected chi connectivity index (χ2v) is 7.23. The highest BCUT2D eigenvalue weighted by molar-refractivity contribution is 6.32. The van der Waals surface area contributed by atoms with Crippen molar-refractivity contribution in [2.45, 2.75) is 50.9 Å². The summed E-state index contributed by atoms with van der Waals surface area (Å²) >= 11 is 5.95. The highest BCUT2D eigenvalue weighted by Gasteiger charge is 2.42. The summed E-state index contributed by atoms with van der Waals surface area (Å²) in [6.07, 6.45) is -0.152. The van der Waals surface area contributed by atoms with Crippen LogP contribution in [0.4, 0.5) is 18.9 Å². The summed E-state index contributed by atoms with van der Waals surface area (Å²) in [4.78, 5) is 10.1. The molecule has 1 saturated carbocycles. The Labute approximate surface area is 171 Å². The maximum Gasteiger partial charge on any atom is 0.436 e. The van der Waals surface area contributed by atoms with Crippen molar-refractivity contribution in [1.29, 1.82) is 0 Å². The molecule has 3 heterocycles. The van der Waals surface area contributed by atoms with Gasteiger partial charge in [0.1, 0.15) is 12.4 Å². The lowest BCUT2D eigenvalue weighted by Gasteiger charge is -2.04. The normalized spacial score (nSPS) is 14.4. The van der Waals surface area contributed by atoms with Crippen LogP contribution < -0.4 is 0 Å². The van der Waals surface area contributed by atoms with E-state index in [9.17, 15) is 23.3 Å². The highest BCUT2D eigenvalue weighted by atomic mass is 35.5. The van der Waals surface area contributed by atoms with E-state index in [2.05, 4.69) is 20.4 Å². The SMILES string of the molecule is O=[N+]([O-])c1cnn(CCc2nnc(CCn3nc(C(F)(F)F)c(Cl)c3C3CC3)o2)c1. The fraction of sp³-hybridized carbons (Fsp3) is 0.500. The molecule has 0 aromatic carbocycles. The van der Waals surface area contributed by atoms with Crippen LogP contribution in [0.2, 0.25) is 5.02 Å². The molecule has 0 radical (unpaired) electrons. The molecule has 1 aliphatic carbocycles. The molecule has 0 unspecified atom stereocenters. The molecule has 0 amide bonds. The summed E-state index contributed by atoms with van der Waals surface area (Å²) < 4.78 is 47.5. The first-order valence-corrected chi connectivity index (χ1v) is 9.41. The van der Waals surface area contributed by atoms with E-state index in [-0.39, 0.29) is 35.5 Å². The zero-order chi connectivity index (χ0) is 21.5. The molecule has 0 spiro atoms. The lowest BCUT2D eigenvalue weighted by atomic mass is 10.2. The minimum atomic E-state index is -4.62. The average Bonchev–Trinajstić information content (AvgIpc) is 3.09. The molecule has 0 saturated heterocycles. The molecule has 10 nitrogen and oxygen atoms in total. The van der Waals surface area contributed by atoms with Crippen LogP contribution in [0.25, 0.3) is 0 Å². The molecular weight excluding hydrogens is 431 g/mol. The monoisotopic (exact) mass is 445 g/mol. The first kappa shape index (κ1) is 20.3. The Morgan fingerprint density at radius 2 is 1.90 bits per heavy atom. The number of alkyl halides is 3. The standard InChI is InChI=1S/C16H15ClF3N7O3/c17-13-14(9-1-2-9)26(24-15(13)16(18,19)20)6-4-12-23-22-11(30-12)3-5-25-8-10(7-21-25)27(28)29/h7-9H,1-6H2. The Kier molecular flexibility index (Phi) is 5.22. The van der Waals surface area contributed by atoms with Gasteiger partial charge in [-0.25, -0.2) is 0 Å². The molecule has 1 fully saturated rings. The third kappa shape index (κ3) is 4.30. The summed E-state index contributed by atoms with van der Waals surface area (Å²) in [5.74, 6) is 0.524. The number of hydrogen-bond donors (Lipinski definition) is 0. The first-order valence-electron chi connectivity index (χ1n) is 9.04. The van der Waals surface area contributed by atoms with Crippen molar-refractivity contribution < 1.29 is 22.5 Å². The summed E-state index contributed by atoms with van der Waals surface area (Å²) in [6.45, 7) is 0.416. The number of rotatable bonds is 8. The van der Waals surface area contributed by atoms with Gasteiger partial charge in [0, 0.05) is 25.3 Å². The Morgan fingerprint density at radius 3 is 2.47 bits per heavy atom. The van der Waals surface area contributed by atoms with E-state index in [0.29, 0.717) is 24.6 Å². The largest absolute Gasteiger partial charge is 0.436 e. The predicted octanol–water partition coefficient (Wildman–Crippen LogP) is 3.41. The van der Waals surface area contributed by atoms with Crippen molar-refractivity contribution in [3.63, 3.8) is 0 Å². The second-order valence-electron chi connectivity index (χ2n) is 6.85. The van der Waals surface area contributed by atoms with Gasteiger partial charge in [0.15, 0.2) is 5.69 Å². The quantitative estimate of drug-likeness (QED) is 0.385. The molecule has 0 aliphatic heterocycles. The third-order valence-electron chi connectivity index (χ3n) is 4.60. The van der Waals surface area contributed by atoms with Crippen molar-refractivity contribution in [2.24, 2.45) is 0 Å². The van der Waals surface area contributed by atoms with Gasteiger partial charge < -0.3 is 4.42 Å². The zero-order valence-electron chi connectivity index (χ0n) is 15.3. The number of halogens is 4. The Morgan fingerprint density at radius 1 is 1.23 bits per heavy atom. The summed E-state index contributed by atoms with van der Waals surface area (Å²) in [5.41, 5.74) is -0.807. The topological polar surface area (TPSA) is 118 Å². The van der Waals surface area contributed by atoms with Gasteiger partial charge in [0.2, 0.25) is 11.8 Å². The van der Waals surface area contributed by atoms with Crippen molar-refractivity contribution >= 4 is 17.3 Å². The number of aromatic nitrogens is 6. The van der Waals surface area contributed by atoms with E-state index in [0.717, 1.165) is 19.0 Å². The van der Waals surface area contributed by atoms with Crippen LogP contribution in [0.1, 0.15) is 41.9 Å². The van der Waals surface area contributed by atoms with Gasteiger partial charge in [-0.2, -0.15) is 23.4 Å². The van der Waals surface area contributed by atoms with Gasteiger partial charge in [0.25, 0.3) is 0 Å². The van der Waals surface area contributed by atoms with Crippen molar-refractivity contribution in [3.05, 3.63) is 50.7 Å². The number of nitro groups is 1. The van der Waals surface area contributed by atoms with Gasteiger partial charge in [-0.15, -0.1) is 10.2 Å². The second kappa shape index (κ2) is 7.70. The van der Waals surface area contributed by atoms with Gasteiger partial charge in [0.05, 0.1) is 22.2 Å². The minimum Gasteiger partial charge on any atom is -0.425 e. The molecule has 0 atom stereocenters. The van der Waals surface area contributed by atoms with Gasteiger partial charge in [-0.1, -0.05) is 11.6 Å². The molecule has 0 bridgehead atoms. The molecule has 4 rings (SSSR count). The highest BCUT2D eigenvalue weighted by Crippen LogP contribution is 2.46. The minimum absolute atomic E-state index is 0.0162. The molecule has 0 N–H and O–H groups in total. The molecular formula is C16H15ClF3N7O3. The van der Waals surface area contributed by atoms with Gasteiger partial charge >= 0.3 is 11.9 Å². The van der Waals surface area contributed by atoms with Crippen molar-refractivity contribution in [3.8, 4) is 0 Å². The molecule has 14 heteroatoms. The Bertz CT molecular complexity index is 1070. The van der Waals surface area contributed by atoms with Crippen LogP contribution in [0, 0.1) is 10.1 Å². The van der Waals surface area contributed by atoms with Crippen LogP contribution in [0.5, 0.6) is 0 Å².